The molecule has 2 aromatic rings. The van der Waals surface area contributed by atoms with Gasteiger partial charge in [0, 0.05) is 17.0 Å². The number of rotatable bonds is 5. The maximum Gasteiger partial charge on any atom is 0.237 e. The molecule has 0 saturated heterocycles. The number of aromatic nitrogens is 1. The smallest absolute Gasteiger partial charge is 0.237 e. The number of nitrogens with zero attached hydrogens (tertiary/aromatic N) is 1. The van der Waals surface area contributed by atoms with Gasteiger partial charge in [-0.15, -0.1) is 0 Å². The maximum atomic E-state index is 13.4. The number of para-hydroxylation sites is 1. The Morgan fingerprint density at radius 1 is 1.09 bits per heavy atom. The van der Waals surface area contributed by atoms with E-state index in [1.807, 2.05) is 4.57 Å². The van der Waals surface area contributed by atoms with Crippen molar-refractivity contribution in [2.24, 2.45) is 5.41 Å². The average molecular weight is 330 g/mol. The molecule has 0 spiro atoms. The molecule has 0 atom stereocenters. The monoisotopic (exact) mass is 329 g/mol. The highest BCUT2D eigenvalue weighted by atomic mass is 28.3. The first-order valence-corrected chi connectivity index (χ1v) is 12.4. The minimum Gasteiger partial charge on any atom is -0.287 e. The second-order valence-electron chi connectivity index (χ2n) is 7.78. The Morgan fingerprint density at radius 3 is 2.13 bits per heavy atom. The van der Waals surface area contributed by atoms with Crippen LogP contribution in [0.2, 0.25) is 19.6 Å². The first kappa shape index (κ1) is 18.0. The van der Waals surface area contributed by atoms with Crippen LogP contribution < -0.4 is 5.19 Å². The second kappa shape index (κ2) is 6.27. The van der Waals surface area contributed by atoms with Crippen molar-refractivity contribution in [3.8, 4) is 0 Å². The van der Waals surface area contributed by atoms with Gasteiger partial charge in [0.1, 0.15) is 0 Å². The second-order valence-corrected chi connectivity index (χ2v) is 12.8. The van der Waals surface area contributed by atoms with Gasteiger partial charge in [-0.05, 0) is 36.9 Å². The molecule has 0 aliphatic heterocycles. The van der Waals surface area contributed by atoms with Crippen LogP contribution in [0.25, 0.3) is 10.9 Å². The third-order valence-corrected chi connectivity index (χ3v) is 7.55. The number of hydrogen-bond acceptors (Lipinski definition) is 1. The van der Waals surface area contributed by atoms with Crippen molar-refractivity contribution in [1.29, 1.82) is 0 Å². The molecular formula is C20H31NOSi. The molecule has 0 bridgehead atoms. The van der Waals surface area contributed by atoms with Crippen molar-refractivity contribution in [2.45, 2.75) is 66.6 Å². The summed E-state index contributed by atoms with van der Waals surface area (Å²) in [5.74, 6) is 0.272. The van der Waals surface area contributed by atoms with E-state index in [0.29, 0.717) is 0 Å². The molecule has 0 fully saturated rings. The molecule has 3 heteroatoms. The molecular weight excluding hydrogens is 298 g/mol. The fraction of sp³-hybridized carbons (Fsp3) is 0.550. The Kier molecular flexibility index (Phi) is 4.91. The summed E-state index contributed by atoms with van der Waals surface area (Å²) >= 11 is 0. The molecule has 23 heavy (non-hydrogen) atoms. The van der Waals surface area contributed by atoms with Crippen molar-refractivity contribution in [3.05, 3.63) is 30.0 Å². The molecule has 2 nitrogen and oxygen atoms in total. The molecule has 1 aromatic heterocycles. The summed E-state index contributed by atoms with van der Waals surface area (Å²) in [4.78, 5) is 13.4. The first-order valence-electron chi connectivity index (χ1n) is 8.87. The van der Waals surface area contributed by atoms with Gasteiger partial charge in [-0.25, -0.2) is 0 Å². The number of carbonyl (C=O) groups is 1. The van der Waals surface area contributed by atoms with Gasteiger partial charge in [0.2, 0.25) is 5.91 Å². The predicted octanol–water partition coefficient (Wildman–Crippen LogP) is 5.35. The molecule has 0 aliphatic rings. The lowest BCUT2D eigenvalue weighted by Gasteiger charge is -2.30. The number of fused-ring (bicyclic) bond motifs is 1. The summed E-state index contributed by atoms with van der Waals surface area (Å²) < 4.78 is 1.98. The van der Waals surface area contributed by atoms with E-state index in [4.69, 9.17) is 0 Å². The molecule has 2 rings (SSSR count). The van der Waals surface area contributed by atoms with Crippen LogP contribution in [-0.4, -0.2) is 18.5 Å². The van der Waals surface area contributed by atoms with E-state index in [1.165, 1.54) is 16.1 Å². The summed E-state index contributed by atoms with van der Waals surface area (Å²) in [5, 5.41) is 2.61. The lowest BCUT2D eigenvalue weighted by molar-refractivity contribution is 0.0675. The Hall–Kier alpha value is -1.35. The third-order valence-electron chi connectivity index (χ3n) is 5.54. The van der Waals surface area contributed by atoms with Gasteiger partial charge in [0.05, 0.1) is 13.6 Å². The Labute approximate surface area is 141 Å². The number of hydrogen-bond donors (Lipinski definition) is 0. The largest absolute Gasteiger partial charge is 0.287 e. The van der Waals surface area contributed by atoms with Crippen LogP contribution >= 0.6 is 0 Å². The predicted molar refractivity (Wildman–Crippen MR) is 104 cm³/mol. The lowest BCUT2D eigenvalue weighted by Crippen LogP contribution is -2.41. The fourth-order valence-corrected chi connectivity index (χ4v) is 5.24. The van der Waals surface area contributed by atoms with E-state index in [9.17, 15) is 4.79 Å². The lowest BCUT2D eigenvalue weighted by atomic mass is 9.79. The standard InChI is InChI=1S/C20H31NOSi/c1-8-20(9-2,10-3)19(22)21-14-15(4)16-12-11-13-17(18(16)21)23(5,6)7/h11-14H,8-10H2,1-7H3. The molecule has 0 radical (unpaired) electrons. The van der Waals surface area contributed by atoms with E-state index in [-0.39, 0.29) is 11.3 Å². The van der Waals surface area contributed by atoms with Crippen molar-refractivity contribution >= 4 is 30.1 Å². The molecule has 1 aromatic carbocycles. The van der Waals surface area contributed by atoms with Gasteiger partial charge in [-0.3, -0.25) is 9.36 Å². The average Bonchev–Trinajstić information content (AvgIpc) is 2.86. The van der Waals surface area contributed by atoms with Crippen molar-refractivity contribution < 1.29 is 4.79 Å². The molecule has 0 N–H and O–H groups in total. The highest BCUT2D eigenvalue weighted by Crippen LogP contribution is 2.34. The van der Waals surface area contributed by atoms with Crippen LogP contribution in [0, 0.1) is 12.3 Å². The number of carbonyl (C=O) groups excluding carboxylic acids is 1. The molecule has 126 valence electrons. The summed E-state index contributed by atoms with van der Waals surface area (Å²) in [6.45, 7) is 15.6. The van der Waals surface area contributed by atoms with Crippen LogP contribution in [0.5, 0.6) is 0 Å². The summed E-state index contributed by atoms with van der Waals surface area (Å²) in [6.07, 6.45) is 4.75. The van der Waals surface area contributed by atoms with Gasteiger partial charge in [-0.2, -0.15) is 0 Å². The Morgan fingerprint density at radius 2 is 1.65 bits per heavy atom. The summed E-state index contributed by atoms with van der Waals surface area (Å²) in [6, 6.07) is 6.53. The molecule has 1 heterocycles. The van der Waals surface area contributed by atoms with E-state index >= 15 is 0 Å². The molecule has 0 saturated carbocycles. The van der Waals surface area contributed by atoms with Crippen molar-refractivity contribution in [3.63, 3.8) is 0 Å². The molecule has 0 aliphatic carbocycles. The highest BCUT2D eigenvalue weighted by molar-refractivity contribution is 6.90. The van der Waals surface area contributed by atoms with Gasteiger partial charge in [0.25, 0.3) is 0 Å². The zero-order valence-electron chi connectivity index (χ0n) is 15.8. The van der Waals surface area contributed by atoms with Crippen molar-refractivity contribution in [1.82, 2.24) is 4.57 Å². The fourth-order valence-electron chi connectivity index (χ4n) is 3.67. The first-order chi connectivity index (χ1) is 10.7. The Balaban J connectivity index is 2.78. The van der Waals surface area contributed by atoms with Crippen LogP contribution in [-0.2, 0) is 0 Å². The number of aryl methyl sites for hydroxylation is 1. The minimum atomic E-state index is -1.52. The van der Waals surface area contributed by atoms with Gasteiger partial charge in [0.15, 0.2) is 0 Å². The summed E-state index contributed by atoms with van der Waals surface area (Å²) in [7, 11) is -1.52. The maximum absolute atomic E-state index is 13.4. The Bertz CT molecular complexity index is 709. The number of benzene rings is 1. The molecule has 0 unspecified atom stereocenters. The van der Waals surface area contributed by atoms with Crippen LogP contribution in [0.15, 0.2) is 24.4 Å². The van der Waals surface area contributed by atoms with Crippen LogP contribution in [0.3, 0.4) is 0 Å². The quantitative estimate of drug-likeness (QED) is 0.678. The summed E-state index contributed by atoms with van der Waals surface area (Å²) in [5.41, 5.74) is 2.12. The van der Waals surface area contributed by atoms with Gasteiger partial charge >= 0.3 is 0 Å². The SMILES string of the molecule is CCC(CC)(CC)C(=O)n1cc(C)c2cccc([Si](C)(C)C)c21. The van der Waals surface area contributed by atoms with Crippen LogP contribution in [0.4, 0.5) is 0 Å². The minimum absolute atomic E-state index is 0.245. The van der Waals surface area contributed by atoms with Crippen molar-refractivity contribution in [2.75, 3.05) is 0 Å². The topological polar surface area (TPSA) is 22.0 Å². The van der Waals surface area contributed by atoms with E-state index < -0.39 is 8.07 Å². The zero-order chi connectivity index (χ0) is 17.4. The van der Waals surface area contributed by atoms with E-state index in [1.54, 1.807) is 0 Å². The van der Waals surface area contributed by atoms with Gasteiger partial charge in [-0.1, -0.05) is 58.6 Å². The van der Waals surface area contributed by atoms with Crippen LogP contribution in [0.1, 0.15) is 50.4 Å². The third kappa shape index (κ3) is 2.91. The van der Waals surface area contributed by atoms with Gasteiger partial charge < -0.3 is 0 Å². The zero-order valence-corrected chi connectivity index (χ0v) is 16.8. The molecule has 0 amide bonds. The van der Waals surface area contributed by atoms with E-state index in [2.05, 4.69) is 71.7 Å². The van der Waals surface area contributed by atoms with E-state index in [0.717, 1.165) is 24.8 Å². The highest BCUT2D eigenvalue weighted by Gasteiger charge is 2.35. The normalized spacial score (nSPS) is 12.8.